The van der Waals surface area contributed by atoms with E-state index in [9.17, 15) is 9.59 Å². The third kappa shape index (κ3) is 5.03. The molecule has 0 spiro atoms. The van der Waals surface area contributed by atoms with Gasteiger partial charge in [0.05, 0.1) is 33.9 Å². The van der Waals surface area contributed by atoms with Crippen molar-refractivity contribution in [1.29, 1.82) is 0 Å². The molecule has 2 heterocycles. The normalized spacial score (nSPS) is 18.0. The number of carbonyl (C=O) groups excluding carboxylic acids is 1. The average Bonchev–Trinajstić information content (AvgIpc) is 3.13. The quantitative estimate of drug-likeness (QED) is 0.405. The number of nitrogens with one attached hydrogen (secondary N) is 1. The first-order valence-corrected chi connectivity index (χ1v) is 12.5. The summed E-state index contributed by atoms with van der Waals surface area (Å²) < 4.78 is 3.81. The third-order valence-electron chi connectivity index (χ3n) is 7.03. The van der Waals surface area contributed by atoms with Crippen LogP contribution in [0.2, 0.25) is 5.02 Å². The Morgan fingerprint density at radius 3 is 2.37 bits per heavy atom. The fourth-order valence-corrected chi connectivity index (χ4v) is 5.27. The number of nitrogens with zero attached hydrogens (tertiary/aromatic N) is 3. The molecule has 0 atom stereocenters. The van der Waals surface area contributed by atoms with Gasteiger partial charge in [0.15, 0.2) is 0 Å². The molecule has 2 aromatic carbocycles. The zero-order valence-corrected chi connectivity index (χ0v) is 20.5. The zero-order valence-electron chi connectivity index (χ0n) is 19.8. The molecule has 0 radical (unpaired) electrons. The summed E-state index contributed by atoms with van der Waals surface area (Å²) in [5.74, 6) is 0.271. The van der Waals surface area contributed by atoms with Crippen molar-refractivity contribution in [2.45, 2.75) is 51.7 Å². The van der Waals surface area contributed by atoms with Crippen molar-refractivity contribution in [3.05, 3.63) is 99.2 Å². The van der Waals surface area contributed by atoms with E-state index in [1.54, 1.807) is 12.3 Å². The van der Waals surface area contributed by atoms with Gasteiger partial charge in [-0.25, -0.2) is 4.79 Å². The van der Waals surface area contributed by atoms with Crippen LogP contribution < -0.4 is 11.0 Å². The molecular weight excluding hydrogens is 460 g/mol. The van der Waals surface area contributed by atoms with Crippen LogP contribution in [-0.2, 0) is 13.1 Å². The Morgan fingerprint density at radius 2 is 1.66 bits per heavy atom. The summed E-state index contributed by atoms with van der Waals surface area (Å²) >= 11 is 6.03. The number of halogens is 1. The predicted octanol–water partition coefficient (Wildman–Crippen LogP) is 5.20. The van der Waals surface area contributed by atoms with Crippen molar-refractivity contribution in [3.63, 3.8) is 0 Å². The van der Waals surface area contributed by atoms with Crippen LogP contribution in [0.5, 0.6) is 0 Å². The largest absolute Gasteiger partial charge is 0.349 e. The fraction of sp³-hybridized carbons (Fsp3) is 0.321. The van der Waals surface area contributed by atoms with E-state index in [0.29, 0.717) is 35.3 Å². The van der Waals surface area contributed by atoms with Gasteiger partial charge in [0.25, 0.3) is 5.91 Å². The molecule has 1 fully saturated rings. The van der Waals surface area contributed by atoms with Gasteiger partial charge in [-0.05, 0) is 62.3 Å². The van der Waals surface area contributed by atoms with Gasteiger partial charge in [-0.2, -0.15) is 0 Å². The third-order valence-corrected chi connectivity index (χ3v) is 7.24. The van der Waals surface area contributed by atoms with Crippen molar-refractivity contribution >= 4 is 28.5 Å². The minimum atomic E-state index is -0.124. The van der Waals surface area contributed by atoms with Crippen molar-refractivity contribution in [2.24, 2.45) is 5.92 Å². The van der Waals surface area contributed by atoms with E-state index in [1.807, 2.05) is 58.5 Å². The summed E-state index contributed by atoms with van der Waals surface area (Å²) in [4.78, 5) is 30.4. The van der Waals surface area contributed by atoms with Crippen LogP contribution in [0.15, 0.2) is 71.7 Å². The monoisotopic (exact) mass is 488 g/mol. The lowest BCUT2D eigenvalue weighted by atomic mass is 9.85. The maximum Gasteiger partial charge on any atom is 0.329 e. The van der Waals surface area contributed by atoms with E-state index in [4.69, 9.17) is 11.6 Å². The summed E-state index contributed by atoms with van der Waals surface area (Å²) in [5.41, 5.74) is 4.29. The first kappa shape index (κ1) is 23.4. The maximum absolute atomic E-state index is 13.4. The lowest BCUT2D eigenvalue weighted by Crippen LogP contribution is -2.39. The molecule has 1 amide bonds. The van der Waals surface area contributed by atoms with E-state index in [-0.39, 0.29) is 17.6 Å². The SMILES string of the molecule is Cc1ncc(Cl)cc1C(=O)NC1CCC(Cn2c(=O)n(Cc3ccccc3)c3ccccc32)CC1. The molecule has 1 saturated carbocycles. The number of imidazole rings is 1. The standard InChI is InChI=1S/C28H29ClN4O2/c1-19-24(15-22(29)16-30-19)27(34)31-23-13-11-21(12-14-23)18-33-26-10-6-5-9-25(26)32(28(33)35)17-20-7-3-2-4-8-20/h2-10,15-16,21,23H,11-14,17-18H2,1H3,(H,31,34). The zero-order chi connectivity index (χ0) is 24.4. The fourth-order valence-electron chi connectivity index (χ4n) is 5.12. The number of aryl methyl sites for hydroxylation is 1. The Labute approximate surface area is 209 Å². The number of benzene rings is 2. The van der Waals surface area contributed by atoms with Gasteiger partial charge >= 0.3 is 5.69 Å². The van der Waals surface area contributed by atoms with Crippen LogP contribution in [-0.4, -0.2) is 26.1 Å². The Morgan fingerprint density at radius 1 is 1.00 bits per heavy atom. The Bertz CT molecular complexity index is 1400. The first-order valence-electron chi connectivity index (χ1n) is 12.1. The topological polar surface area (TPSA) is 68.9 Å². The highest BCUT2D eigenvalue weighted by Gasteiger charge is 2.25. The van der Waals surface area contributed by atoms with Gasteiger partial charge in [0.1, 0.15) is 0 Å². The Hall–Kier alpha value is -3.38. The minimum absolute atomic E-state index is 0.0365. The van der Waals surface area contributed by atoms with Crippen LogP contribution >= 0.6 is 11.6 Å². The lowest BCUT2D eigenvalue weighted by molar-refractivity contribution is 0.0919. The summed E-state index contributed by atoms with van der Waals surface area (Å²) in [5, 5.41) is 3.61. The molecule has 6 nitrogen and oxygen atoms in total. The Kier molecular flexibility index (Phi) is 6.73. The number of hydrogen-bond acceptors (Lipinski definition) is 3. The van der Waals surface area contributed by atoms with Crippen LogP contribution in [0.3, 0.4) is 0 Å². The molecule has 180 valence electrons. The van der Waals surface area contributed by atoms with Crippen molar-refractivity contribution < 1.29 is 4.79 Å². The molecule has 1 aliphatic carbocycles. The second kappa shape index (κ2) is 10.1. The Balaban J connectivity index is 1.27. The second-order valence-corrected chi connectivity index (χ2v) is 9.87. The summed E-state index contributed by atoms with van der Waals surface area (Å²) in [6.45, 7) is 3.07. The summed E-state index contributed by atoms with van der Waals surface area (Å²) in [7, 11) is 0. The highest BCUT2D eigenvalue weighted by molar-refractivity contribution is 6.30. The second-order valence-electron chi connectivity index (χ2n) is 9.43. The molecule has 2 aromatic heterocycles. The van der Waals surface area contributed by atoms with E-state index >= 15 is 0 Å². The molecule has 0 unspecified atom stereocenters. The number of para-hydroxylation sites is 2. The molecule has 0 aliphatic heterocycles. The minimum Gasteiger partial charge on any atom is -0.349 e. The predicted molar refractivity (Wildman–Crippen MR) is 139 cm³/mol. The molecule has 0 saturated heterocycles. The van der Waals surface area contributed by atoms with Crippen LogP contribution in [0.1, 0.15) is 47.3 Å². The van der Waals surface area contributed by atoms with Crippen LogP contribution in [0.4, 0.5) is 0 Å². The van der Waals surface area contributed by atoms with Crippen LogP contribution in [0.25, 0.3) is 11.0 Å². The molecule has 4 aromatic rings. The smallest absolute Gasteiger partial charge is 0.329 e. The first-order chi connectivity index (χ1) is 17.0. The molecule has 0 bridgehead atoms. The van der Waals surface area contributed by atoms with E-state index < -0.39 is 0 Å². The molecule has 35 heavy (non-hydrogen) atoms. The maximum atomic E-state index is 13.4. The number of amides is 1. The number of hydrogen-bond donors (Lipinski definition) is 1. The van der Waals surface area contributed by atoms with E-state index in [1.165, 1.54) is 0 Å². The average molecular weight is 489 g/mol. The van der Waals surface area contributed by atoms with Gasteiger partial charge in [0.2, 0.25) is 0 Å². The summed E-state index contributed by atoms with van der Waals surface area (Å²) in [6, 6.07) is 19.9. The van der Waals surface area contributed by atoms with Crippen LogP contribution in [0, 0.1) is 12.8 Å². The van der Waals surface area contributed by atoms with Gasteiger partial charge in [0, 0.05) is 18.8 Å². The van der Waals surface area contributed by atoms with Gasteiger partial charge < -0.3 is 5.32 Å². The van der Waals surface area contributed by atoms with Gasteiger partial charge in [-0.3, -0.25) is 18.9 Å². The molecular formula is C28H29ClN4O2. The number of pyridine rings is 1. The number of carbonyl (C=O) groups is 1. The van der Waals surface area contributed by atoms with Crippen molar-refractivity contribution in [1.82, 2.24) is 19.4 Å². The van der Waals surface area contributed by atoms with Gasteiger partial charge in [-0.1, -0.05) is 54.1 Å². The molecule has 1 aliphatic rings. The van der Waals surface area contributed by atoms with Crippen molar-refractivity contribution in [2.75, 3.05) is 0 Å². The highest BCUT2D eigenvalue weighted by atomic mass is 35.5. The molecule has 1 N–H and O–H groups in total. The highest BCUT2D eigenvalue weighted by Crippen LogP contribution is 2.27. The van der Waals surface area contributed by atoms with Crippen molar-refractivity contribution in [3.8, 4) is 0 Å². The summed E-state index contributed by atoms with van der Waals surface area (Å²) in [6.07, 6.45) is 5.25. The van der Waals surface area contributed by atoms with E-state index in [2.05, 4.69) is 22.4 Å². The van der Waals surface area contributed by atoms with Gasteiger partial charge in [-0.15, -0.1) is 0 Å². The molecule has 5 rings (SSSR count). The van der Waals surface area contributed by atoms with E-state index in [0.717, 1.165) is 42.3 Å². The number of aromatic nitrogens is 3. The number of fused-ring (bicyclic) bond motifs is 1. The number of rotatable bonds is 6. The lowest BCUT2D eigenvalue weighted by Gasteiger charge is -2.29. The molecule has 7 heteroatoms.